The zero-order valence-corrected chi connectivity index (χ0v) is 16.4. The third kappa shape index (κ3) is 3.41. The van der Waals surface area contributed by atoms with Crippen LogP contribution in [0.25, 0.3) is 10.2 Å². The third-order valence-electron chi connectivity index (χ3n) is 5.27. The molecule has 4 rings (SSSR count). The number of hydrogen-bond acceptors (Lipinski definition) is 4. The number of nitrogens with zero attached hydrogens (tertiary/aromatic N) is 2. The van der Waals surface area contributed by atoms with Gasteiger partial charge in [-0.2, -0.15) is 0 Å². The molecule has 0 saturated heterocycles. The zero-order valence-electron chi connectivity index (χ0n) is 15.6. The molecule has 3 aromatic rings. The van der Waals surface area contributed by atoms with Gasteiger partial charge in [0, 0.05) is 16.6 Å². The van der Waals surface area contributed by atoms with Crippen molar-refractivity contribution in [1.29, 1.82) is 0 Å². The van der Waals surface area contributed by atoms with E-state index in [0.717, 1.165) is 41.8 Å². The minimum absolute atomic E-state index is 0.0189. The molecular weight excluding hydrogens is 358 g/mol. The number of hydrogen-bond donors (Lipinski definition) is 1. The molecule has 0 bridgehead atoms. The highest BCUT2D eigenvalue weighted by molar-refractivity contribution is 7.19. The summed E-state index contributed by atoms with van der Waals surface area (Å²) in [6.07, 6.45) is 7.24. The molecule has 0 unspecified atom stereocenters. The standard InChI is InChI=1S/C21H23N3O2S/c1-13-7-6-8-15(11-13)23-20(25)17-14(2)27-19-18(17)22-12-24(21(19)26)16-9-4-3-5-10-16/h6-8,11-12,16H,3-5,9-10H2,1-2H3,(H,23,25). The van der Waals surface area contributed by atoms with Crippen LogP contribution in [0.4, 0.5) is 5.69 Å². The van der Waals surface area contributed by atoms with Crippen LogP contribution < -0.4 is 10.9 Å². The van der Waals surface area contributed by atoms with E-state index in [1.54, 1.807) is 10.9 Å². The Labute approximate surface area is 162 Å². The van der Waals surface area contributed by atoms with Crippen LogP contribution in [-0.4, -0.2) is 15.5 Å². The molecule has 0 spiro atoms. The molecule has 6 heteroatoms. The summed E-state index contributed by atoms with van der Waals surface area (Å²) in [5, 5.41) is 2.93. The lowest BCUT2D eigenvalue weighted by Crippen LogP contribution is -2.26. The van der Waals surface area contributed by atoms with Gasteiger partial charge in [-0.05, 0) is 44.4 Å². The van der Waals surface area contributed by atoms with Gasteiger partial charge in [0.25, 0.3) is 11.5 Å². The predicted molar refractivity (Wildman–Crippen MR) is 110 cm³/mol. The number of anilines is 1. The van der Waals surface area contributed by atoms with E-state index in [2.05, 4.69) is 10.3 Å². The number of carbonyl (C=O) groups excluding carboxylic acids is 1. The van der Waals surface area contributed by atoms with Crippen molar-refractivity contribution >= 4 is 33.1 Å². The highest BCUT2D eigenvalue weighted by atomic mass is 32.1. The fourth-order valence-electron chi connectivity index (χ4n) is 3.89. The van der Waals surface area contributed by atoms with Crippen molar-refractivity contribution < 1.29 is 4.79 Å². The highest BCUT2D eigenvalue weighted by Crippen LogP contribution is 2.30. The van der Waals surface area contributed by atoms with Gasteiger partial charge in [0.2, 0.25) is 0 Å². The normalized spacial score (nSPS) is 15.2. The van der Waals surface area contributed by atoms with E-state index in [4.69, 9.17) is 0 Å². The van der Waals surface area contributed by atoms with Gasteiger partial charge in [-0.1, -0.05) is 31.4 Å². The molecule has 2 heterocycles. The summed E-state index contributed by atoms with van der Waals surface area (Å²) >= 11 is 1.37. The average molecular weight is 382 g/mol. The fourth-order valence-corrected chi connectivity index (χ4v) is 4.94. The first-order chi connectivity index (χ1) is 13.0. The maximum absolute atomic E-state index is 13.0. The summed E-state index contributed by atoms with van der Waals surface area (Å²) in [5.41, 5.74) is 2.82. The summed E-state index contributed by atoms with van der Waals surface area (Å²) < 4.78 is 2.36. The molecule has 0 atom stereocenters. The molecule has 1 aliphatic rings. The van der Waals surface area contributed by atoms with Crippen molar-refractivity contribution in [2.75, 3.05) is 5.32 Å². The Morgan fingerprint density at radius 2 is 2.00 bits per heavy atom. The third-order valence-corrected chi connectivity index (χ3v) is 6.35. The molecule has 1 saturated carbocycles. The number of aromatic nitrogens is 2. The minimum Gasteiger partial charge on any atom is -0.322 e. The topological polar surface area (TPSA) is 64.0 Å². The lowest BCUT2D eigenvalue weighted by molar-refractivity contribution is 0.102. The Bertz CT molecular complexity index is 1060. The monoisotopic (exact) mass is 381 g/mol. The quantitative estimate of drug-likeness (QED) is 0.706. The average Bonchev–Trinajstić information content (AvgIpc) is 3.00. The van der Waals surface area contributed by atoms with E-state index < -0.39 is 0 Å². The first-order valence-corrected chi connectivity index (χ1v) is 10.2. The molecule has 5 nitrogen and oxygen atoms in total. The van der Waals surface area contributed by atoms with E-state index in [1.807, 2.05) is 38.1 Å². The molecule has 1 aromatic carbocycles. The molecule has 27 heavy (non-hydrogen) atoms. The molecule has 1 fully saturated rings. The Morgan fingerprint density at radius 1 is 1.22 bits per heavy atom. The van der Waals surface area contributed by atoms with Gasteiger partial charge in [-0.15, -0.1) is 11.3 Å². The van der Waals surface area contributed by atoms with Crippen LogP contribution in [0.2, 0.25) is 0 Å². The van der Waals surface area contributed by atoms with Crippen LogP contribution >= 0.6 is 11.3 Å². The van der Waals surface area contributed by atoms with Gasteiger partial charge >= 0.3 is 0 Å². The van der Waals surface area contributed by atoms with Crippen LogP contribution in [0.15, 0.2) is 35.4 Å². The first-order valence-electron chi connectivity index (χ1n) is 9.43. The Morgan fingerprint density at radius 3 is 2.74 bits per heavy atom. The number of nitrogens with one attached hydrogen (secondary N) is 1. The molecule has 1 N–H and O–H groups in total. The van der Waals surface area contributed by atoms with Crippen LogP contribution in [0.1, 0.15) is 58.9 Å². The van der Waals surface area contributed by atoms with Crippen molar-refractivity contribution in [3.8, 4) is 0 Å². The van der Waals surface area contributed by atoms with Gasteiger partial charge in [0.15, 0.2) is 0 Å². The number of carbonyl (C=O) groups is 1. The summed E-state index contributed by atoms with van der Waals surface area (Å²) in [4.78, 5) is 31.2. The molecule has 0 radical (unpaired) electrons. The van der Waals surface area contributed by atoms with E-state index in [0.29, 0.717) is 15.8 Å². The van der Waals surface area contributed by atoms with Crippen LogP contribution in [-0.2, 0) is 0 Å². The van der Waals surface area contributed by atoms with Crippen molar-refractivity contribution in [1.82, 2.24) is 9.55 Å². The van der Waals surface area contributed by atoms with Gasteiger partial charge in [0.05, 0.1) is 11.9 Å². The maximum atomic E-state index is 13.0. The molecular formula is C21H23N3O2S. The maximum Gasteiger partial charge on any atom is 0.271 e. The van der Waals surface area contributed by atoms with Crippen molar-refractivity contribution in [3.63, 3.8) is 0 Å². The van der Waals surface area contributed by atoms with Gasteiger partial charge in [0.1, 0.15) is 10.2 Å². The largest absolute Gasteiger partial charge is 0.322 e. The number of rotatable bonds is 3. The SMILES string of the molecule is Cc1cccc(NC(=O)c2c(C)sc3c(=O)n(C4CCCCC4)cnc23)c1. The predicted octanol–water partition coefficient (Wildman–Crippen LogP) is 4.83. The second-order valence-corrected chi connectivity index (χ2v) is 8.51. The minimum atomic E-state index is -0.216. The Kier molecular flexibility index (Phi) is 4.83. The number of aryl methyl sites for hydroxylation is 2. The molecule has 2 aromatic heterocycles. The van der Waals surface area contributed by atoms with Crippen molar-refractivity contribution in [3.05, 3.63) is 57.0 Å². The highest BCUT2D eigenvalue weighted by Gasteiger charge is 2.23. The molecule has 0 aliphatic heterocycles. The van der Waals surface area contributed by atoms with E-state index >= 15 is 0 Å². The van der Waals surface area contributed by atoms with Gasteiger partial charge in [-0.3, -0.25) is 14.2 Å². The Balaban J connectivity index is 1.71. The summed E-state index contributed by atoms with van der Waals surface area (Å²) in [6.45, 7) is 3.86. The lowest BCUT2D eigenvalue weighted by atomic mass is 9.95. The first kappa shape index (κ1) is 17.9. The van der Waals surface area contributed by atoms with E-state index in [1.165, 1.54) is 17.8 Å². The summed E-state index contributed by atoms with van der Waals surface area (Å²) in [5.74, 6) is -0.216. The van der Waals surface area contributed by atoms with Crippen LogP contribution in [0.3, 0.4) is 0 Å². The number of amides is 1. The van der Waals surface area contributed by atoms with Gasteiger partial charge in [-0.25, -0.2) is 4.98 Å². The second-order valence-electron chi connectivity index (χ2n) is 7.28. The Hall–Kier alpha value is -2.47. The fraction of sp³-hybridized carbons (Fsp3) is 0.381. The van der Waals surface area contributed by atoms with E-state index in [9.17, 15) is 9.59 Å². The smallest absolute Gasteiger partial charge is 0.271 e. The zero-order chi connectivity index (χ0) is 19.0. The van der Waals surface area contributed by atoms with Gasteiger partial charge < -0.3 is 5.32 Å². The number of thiophene rings is 1. The summed E-state index contributed by atoms with van der Waals surface area (Å²) in [6, 6.07) is 7.90. The number of fused-ring (bicyclic) bond motifs is 1. The lowest BCUT2D eigenvalue weighted by Gasteiger charge is -2.23. The van der Waals surface area contributed by atoms with E-state index in [-0.39, 0.29) is 17.5 Å². The molecule has 140 valence electrons. The van der Waals surface area contributed by atoms with Crippen molar-refractivity contribution in [2.24, 2.45) is 0 Å². The van der Waals surface area contributed by atoms with Crippen LogP contribution in [0.5, 0.6) is 0 Å². The number of benzene rings is 1. The van der Waals surface area contributed by atoms with Crippen LogP contribution in [0, 0.1) is 13.8 Å². The van der Waals surface area contributed by atoms with Crippen molar-refractivity contribution in [2.45, 2.75) is 52.0 Å². The molecule has 1 aliphatic carbocycles. The summed E-state index contributed by atoms with van der Waals surface area (Å²) in [7, 11) is 0. The molecule has 1 amide bonds. The second kappa shape index (κ2) is 7.27.